The summed E-state index contributed by atoms with van der Waals surface area (Å²) in [5, 5.41) is 0. The Balaban J connectivity index is 1.75. The molecule has 1 atom stereocenters. The quantitative estimate of drug-likeness (QED) is 0.899. The summed E-state index contributed by atoms with van der Waals surface area (Å²) >= 11 is 0. The van der Waals surface area contributed by atoms with E-state index >= 15 is 0 Å². The standard InChI is InChI=1S/C16H23NO3/c1-11(17)6-13-7-15-16(20-10-19-15)8-14(13)18-9-12-4-2-3-5-12/h7-8,11-12H,2-6,9-10,17H2,1H3. The maximum absolute atomic E-state index is 6.06. The molecule has 1 saturated carbocycles. The summed E-state index contributed by atoms with van der Waals surface area (Å²) < 4.78 is 16.9. The Bertz CT molecular complexity index is 467. The van der Waals surface area contributed by atoms with Crippen molar-refractivity contribution in [2.45, 2.75) is 45.1 Å². The zero-order valence-corrected chi connectivity index (χ0v) is 12.1. The van der Waals surface area contributed by atoms with Crippen molar-refractivity contribution in [3.8, 4) is 17.2 Å². The minimum absolute atomic E-state index is 0.101. The molecule has 110 valence electrons. The zero-order valence-electron chi connectivity index (χ0n) is 12.1. The summed E-state index contributed by atoms with van der Waals surface area (Å²) in [6.45, 7) is 3.09. The minimum atomic E-state index is 0.101. The normalized spacial score (nSPS) is 19.3. The van der Waals surface area contributed by atoms with Crippen LogP contribution in [0.15, 0.2) is 12.1 Å². The summed E-state index contributed by atoms with van der Waals surface area (Å²) in [6.07, 6.45) is 6.03. The fourth-order valence-corrected chi connectivity index (χ4v) is 2.99. The molecule has 1 heterocycles. The molecule has 1 unspecified atom stereocenters. The van der Waals surface area contributed by atoms with Crippen LogP contribution in [0.4, 0.5) is 0 Å². The molecule has 1 aliphatic heterocycles. The Labute approximate surface area is 120 Å². The highest BCUT2D eigenvalue weighted by Crippen LogP contribution is 2.39. The summed E-state index contributed by atoms with van der Waals surface area (Å²) in [5.41, 5.74) is 7.04. The first-order valence-corrected chi connectivity index (χ1v) is 7.53. The van der Waals surface area contributed by atoms with Crippen LogP contribution in [-0.2, 0) is 6.42 Å². The molecule has 0 bridgehead atoms. The van der Waals surface area contributed by atoms with E-state index in [-0.39, 0.29) is 6.04 Å². The van der Waals surface area contributed by atoms with Crippen LogP contribution in [0.25, 0.3) is 0 Å². The zero-order chi connectivity index (χ0) is 13.9. The Hall–Kier alpha value is -1.42. The van der Waals surface area contributed by atoms with Gasteiger partial charge in [-0.2, -0.15) is 0 Å². The third kappa shape index (κ3) is 3.01. The number of benzene rings is 1. The topological polar surface area (TPSA) is 53.7 Å². The lowest BCUT2D eigenvalue weighted by molar-refractivity contribution is 0.173. The van der Waals surface area contributed by atoms with Gasteiger partial charge in [-0.15, -0.1) is 0 Å². The second kappa shape index (κ2) is 5.92. The number of hydrogen-bond acceptors (Lipinski definition) is 4. The highest BCUT2D eigenvalue weighted by Gasteiger charge is 2.20. The number of ether oxygens (including phenoxy) is 3. The van der Waals surface area contributed by atoms with E-state index in [1.807, 2.05) is 19.1 Å². The van der Waals surface area contributed by atoms with Gasteiger partial charge in [0.1, 0.15) is 5.75 Å². The van der Waals surface area contributed by atoms with Gasteiger partial charge < -0.3 is 19.9 Å². The largest absolute Gasteiger partial charge is 0.493 e. The molecule has 0 radical (unpaired) electrons. The van der Waals surface area contributed by atoms with E-state index in [1.165, 1.54) is 25.7 Å². The van der Waals surface area contributed by atoms with Crippen molar-refractivity contribution in [1.29, 1.82) is 0 Å². The predicted octanol–water partition coefficient (Wildman–Crippen LogP) is 2.87. The number of fused-ring (bicyclic) bond motifs is 1. The Morgan fingerprint density at radius 2 is 1.95 bits per heavy atom. The fourth-order valence-electron chi connectivity index (χ4n) is 2.99. The molecular formula is C16H23NO3. The predicted molar refractivity (Wildman–Crippen MR) is 77.4 cm³/mol. The van der Waals surface area contributed by atoms with E-state index in [2.05, 4.69) is 0 Å². The van der Waals surface area contributed by atoms with Crippen LogP contribution >= 0.6 is 0 Å². The SMILES string of the molecule is CC(N)Cc1cc2c(cc1OCC1CCCC1)OCO2. The summed E-state index contributed by atoms with van der Waals surface area (Å²) in [4.78, 5) is 0. The van der Waals surface area contributed by atoms with Gasteiger partial charge in [0.05, 0.1) is 6.61 Å². The maximum Gasteiger partial charge on any atom is 0.231 e. The van der Waals surface area contributed by atoms with Crippen molar-refractivity contribution >= 4 is 0 Å². The average Bonchev–Trinajstić information content (AvgIpc) is 3.05. The Morgan fingerprint density at radius 3 is 2.65 bits per heavy atom. The molecule has 4 nitrogen and oxygen atoms in total. The van der Waals surface area contributed by atoms with Gasteiger partial charge in [0.15, 0.2) is 11.5 Å². The van der Waals surface area contributed by atoms with Gasteiger partial charge in [-0.3, -0.25) is 0 Å². The highest BCUT2D eigenvalue weighted by molar-refractivity contribution is 5.52. The molecule has 20 heavy (non-hydrogen) atoms. The Morgan fingerprint density at radius 1 is 1.25 bits per heavy atom. The first kappa shape index (κ1) is 13.6. The highest BCUT2D eigenvalue weighted by atomic mass is 16.7. The van der Waals surface area contributed by atoms with Gasteiger partial charge in [-0.1, -0.05) is 12.8 Å². The summed E-state index contributed by atoms with van der Waals surface area (Å²) in [6, 6.07) is 4.06. The van der Waals surface area contributed by atoms with Gasteiger partial charge in [-0.25, -0.2) is 0 Å². The molecule has 2 N–H and O–H groups in total. The molecule has 0 saturated heterocycles. The van der Waals surface area contributed by atoms with Crippen LogP contribution in [-0.4, -0.2) is 19.4 Å². The molecule has 1 aromatic rings. The van der Waals surface area contributed by atoms with E-state index in [1.54, 1.807) is 0 Å². The van der Waals surface area contributed by atoms with Gasteiger partial charge in [-0.05, 0) is 43.7 Å². The first-order chi connectivity index (χ1) is 9.72. The molecule has 0 aromatic heterocycles. The molecule has 4 heteroatoms. The van der Waals surface area contributed by atoms with Gasteiger partial charge >= 0.3 is 0 Å². The fraction of sp³-hybridized carbons (Fsp3) is 0.625. The number of hydrogen-bond donors (Lipinski definition) is 1. The molecule has 1 fully saturated rings. The summed E-state index contributed by atoms with van der Waals surface area (Å²) in [7, 11) is 0. The van der Waals surface area contributed by atoms with E-state index in [0.717, 1.165) is 35.8 Å². The van der Waals surface area contributed by atoms with E-state index in [0.29, 0.717) is 12.7 Å². The molecule has 0 spiro atoms. The van der Waals surface area contributed by atoms with Crippen LogP contribution in [0.2, 0.25) is 0 Å². The van der Waals surface area contributed by atoms with Crippen molar-refractivity contribution in [2.75, 3.05) is 13.4 Å². The molecule has 2 aliphatic rings. The van der Waals surface area contributed by atoms with Gasteiger partial charge in [0.2, 0.25) is 6.79 Å². The second-order valence-electron chi connectivity index (χ2n) is 5.96. The third-order valence-corrected chi connectivity index (χ3v) is 4.05. The van der Waals surface area contributed by atoms with Gasteiger partial charge in [0, 0.05) is 12.1 Å². The first-order valence-electron chi connectivity index (χ1n) is 7.53. The van der Waals surface area contributed by atoms with Crippen molar-refractivity contribution in [1.82, 2.24) is 0 Å². The van der Waals surface area contributed by atoms with E-state index in [9.17, 15) is 0 Å². The van der Waals surface area contributed by atoms with Crippen LogP contribution in [0, 0.1) is 5.92 Å². The van der Waals surface area contributed by atoms with Crippen molar-refractivity contribution in [3.05, 3.63) is 17.7 Å². The van der Waals surface area contributed by atoms with Crippen molar-refractivity contribution in [3.63, 3.8) is 0 Å². The lowest BCUT2D eigenvalue weighted by Gasteiger charge is -2.16. The molecule has 1 aromatic carbocycles. The minimum Gasteiger partial charge on any atom is -0.493 e. The number of nitrogens with two attached hydrogens (primary N) is 1. The third-order valence-electron chi connectivity index (χ3n) is 4.05. The monoisotopic (exact) mass is 277 g/mol. The van der Waals surface area contributed by atoms with Crippen molar-refractivity contribution in [2.24, 2.45) is 11.7 Å². The molecule has 3 rings (SSSR count). The van der Waals surface area contributed by atoms with Crippen molar-refractivity contribution < 1.29 is 14.2 Å². The lowest BCUT2D eigenvalue weighted by atomic mass is 10.1. The van der Waals surface area contributed by atoms with Crippen LogP contribution in [0.5, 0.6) is 17.2 Å². The smallest absolute Gasteiger partial charge is 0.231 e. The van der Waals surface area contributed by atoms with Crippen LogP contribution in [0.3, 0.4) is 0 Å². The maximum atomic E-state index is 6.06. The molecule has 0 amide bonds. The second-order valence-corrected chi connectivity index (χ2v) is 5.96. The van der Waals surface area contributed by atoms with E-state index in [4.69, 9.17) is 19.9 Å². The van der Waals surface area contributed by atoms with Gasteiger partial charge in [0.25, 0.3) is 0 Å². The lowest BCUT2D eigenvalue weighted by Crippen LogP contribution is -2.19. The summed E-state index contributed by atoms with van der Waals surface area (Å²) in [5.74, 6) is 3.18. The number of rotatable bonds is 5. The van der Waals surface area contributed by atoms with Crippen LogP contribution in [0.1, 0.15) is 38.2 Å². The average molecular weight is 277 g/mol. The Kier molecular flexibility index (Phi) is 4.01. The van der Waals surface area contributed by atoms with Crippen LogP contribution < -0.4 is 19.9 Å². The molecule has 1 aliphatic carbocycles. The van der Waals surface area contributed by atoms with E-state index < -0.39 is 0 Å². The molecular weight excluding hydrogens is 254 g/mol.